The zero-order valence-corrected chi connectivity index (χ0v) is 19.5. The number of aryl methyl sites for hydroxylation is 1. The number of benzene rings is 3. The number of halogens is 2. The summed E-state index contributed by atoms with van der Waals surface area (Å²) in [6, 6.07) is 15.2. The van der Waals surface area contributed by atoms with Gasteiger partial charge in [0.15, 0.2) is 6.61 Å². The predicted molar refractivity (Wildman–Crippen MR) is 124 cm³/mol. The van der Waals surface area contributed by atoms with Crippen molar-refractivity contribution in [3.05, 3.63) is 82.1 Å². The summed E-state index contributed by atoms with van der Waals surface area (Å²) in [6.45, 7) is 2.15. The van der Waals surface area contributed by atoms with Gasteiger partial charge in [0.05, 0.1) is 4.90 Å². The summed E-state index contributed by atoms with van der Waals surface area (Å²) in [5, 5.41) is 0. The number of carbonyl (C=O) groups excluding carboxylic acids is 1. The second-order valence-electron chi connectivity index (χ2n) is 7.40. The van der Waals surface area contributed by atoms with E-state index in [-0.39, 0.29) is 23.1 Å². The van der Waals surface area contributed by atoms with Gasteiger partial charge in [-0.15, -0.1) is 0 Å². The van der Waals surface area contributed by atoms with Crippen molar-refractivity contribution in [2.75, 3.05) is 22.8 Å². The van der Waals surface area contributed by atoms with Crippen LogP contribution in [-0.2, 0) is 21.2 Å². The Morgan fingerprint density at radius 2 is 1.88 bits per heavy atom. The molecule has 0 fully saturated rings. The van der Waals surface area contributed by atoms with Gasteiger partial charge < -0.3 is 9.64 Å². The van der Waals surface area contributed by atoms with Crippen molar-refractivity contribution in [2.24, 2.45) is 0 Å². The van der Waals surface area contributed by atoms with Gasteiger partial charge in [-0.2, -0.15) is 0 Å². The van der Waals surface area contributed by atoms with Gasteiger partial charge in [-0.3, -0.25) is 9.52 Å². The topological polar surface area (TPSA) is 75.7 Å². The lowest BCUT2D eigenvalue weighted by Gasteiger charge is -2.18. The number of carbonyl (C=O) groups is 1. The molecule has 1 heterocycles. The van der Waals surface area contributed by atoms with Crippen LogP contribution in [0.1, 0.15) is 11.1 Å². The Morgan fingerprint density at radius 1 is 1.12 bits per heavy atom. The number of anilines is 2. The van der Waals surface area contributed by atoms with E-state index in [1.165, 1.54) is 42.5 Å². The Bertz CT molecular complexity index is 1280. The molecule has 1 amide bonds. The number of nitrogens with one attached hydrogen (secondary N) is 1. The molecule has 0 saturated heterocycles. The van der Waals surface area contributed by atoms with Crippen molar-refractivity contribution in [3.8, 4) is 5.75 Å². The van der Waals surface area contributed by atoms with E-state index in [1.54, 1.807) is 11.8 Å². The van der Waals surface area contributed by atoms with Crippen LogP contribution in [-0.4, -0.2) is 27.5 Å². The summed E-state index contributed by atoms with van der Waals surface area (Å²) in [5.74, 6) is -0.195. The Labute approximate surface area is 194 Å². The van der Waals surface area contributed by atoms with Crippen LogP contribution in [0.3, 0.4) is 0 Å². The zero-order valence-electron chi connectivity index (χ0n) is 17.1. The summed E-state index contributed by atoms with van der Waals surface area (Å²) in [6.07, 6.45) is 0.785. The van der Waals surface area contributed by atoms with Gasteiger partial charge in [0.1, 0.15) is 11.6 Å². The van der Waals surface area contributed by atoms with Crippen LogP contribution >= 0.6 is 15.9 Å². The first-order chi connectivity index (χ1) is 15.2. The molecule has 4 rings (SSSR count). The summed E-state index contributed by atoms with van der Waals surface area (Å²) in [7, 11) is -3.85. The number of nitrogens with zero attached hydrogens (tertiary/aromatic N) is 1. The van der Waals surface area contributed by atoms with Gasteiger partial charge >= 0.3 is 0 Å². The van der Waals surface area contributed by atoms with Gasteiger partial charge in [0.2, 0.25) is 0 Å². The third kappa shape index (κ3) is 4.78. The zero-order chi connectivity index (χ0) is 22.9. The number of rotatable bonds is 6. The summed E-state index contributed by atoms with van der Waals surface area (Å²) >= 11 is 3.44. The molecule has 0 unspecified atom stereocenters. The van der Waals surface area contributed by atoms with Crippen LogP contribution in [0.4, 0.5) is 15.8 Å². The van der Waals surface area contributed by atoms with Crippen molar-refractivity contribution < 1.29 is 22.3 Å². The molecular weight excluding hydrogens is 499 g/mol. The maximum absolute atomic E-state index is 13.0. The average Bonchev–Trinajstić information content (AvgIpc) is 3.17. The first-order valence-electron chi connectivity index (χ1n) is 9.83. The molecule has 6 nitrogen and oxygen atoms in total. The Kier molecular flexibility index (Phi) is 6.21. The fraction of sp³-hybridized carbons (Fsp3) is 0.174. The third-order valence-corrected chi connectivity index (χ3v) is 7.01. The molecule has 0 bridgehead atoms. The maximum atomic E-state index is 13.0. The van der Waals surface area contributed by atoms with E-state index in [2.05, 4.69) is 20.7 Å². The molecule has 1 aliphatic heterocycles. The van der Waals surface area contributed by atoms with Crippen LogP contribution in [0.15, 0.2) is 70.0 Å². The molecule has 3 aromatic carbocycles. The highest BCUT2D eigenvalue weighted by Gasteiger charge is 2.25. The van der Waals surface area contributed by atoms with Crippen molar-refractivity contribution in [3.63, 3.8) is 0 Å². The molecule has 0 saturated carbocycles. The van der Waals surface area contributed by atoms with E-state index >= 15 is 0 Å². The fourth-order valence-corrected chi connectivity index (χ4v) is 5.08. The normalized spacial score (nSPS) is 13.0. The van der Waals surface area contributed by atoms with E-state index < -0.39 is 15.8 Å². The van der Waals surface area contributed by atoms with Crippen molar-refractivity contribution >= 4 is 43.2 Å². The third-order valence-electron chi connectivity index (χ3n) is 5.14. The van der Waals surface area contributed by atoms with Gasteiger partial charge in [-0.1, -0.05) is 15.9 Å². The van der Waals surface area contributed by atoms with Crippen molar-refractivity contribution in [2.45, 2.75) is 18.2 Å². The Hall–Kier alpha value is -2.91. The quantitative estimate of drug-likeness (QED) is 0.514. The molecule has 0 aromatic heterocycles. The predicted octanol–water partition coefficient (Wildman–Crippen LogP) is 4.67. The SMILES string of the molecule is Cc1cc(S(=O)(=O)Nc2ccc(F)cc2)ccc1OCC(=O)N1CCc2cc(Br)ccc21. The van der Waals surface area contributed by atoms with E-state index in [0.29, 0.717) is 17.9 Å². The fourth-order valence-electron chi connectivity index (χ4n) is 3.53. The van der Waals surface area contributed by atoms with Crippen LogP contribution in [0.5, 0.6) is 5.75 Å². The van der Waals surface area contributed by atoms with Gasteiger partial charge in [-0.05, 0) is 85.1 Å². The van der Waals surface area contributed by atoms with Crippen LogP contribution in [0, 0.1) is 12.7 Å². The molecule has 1 N–H and O–H groups in total. The smallest absolute Gasteiger partial charge is 0.264 e. The number of fused-ring (bicyclic) bond motifs is 1. The molecule has 0 atom stereocenters. The van der Waals surface area contributed by atoms with Crippen molar-refractivity contribution in [1.82, 2.24) is 0 Å². The van der Waals surface area contributed by atoms with Gasteiger partial charge in [-0.25, -0.2) is 12.8 Å². The van der Waals surface area contributed by atoms with E-state index in [1.807, 2.05) is 18.2 Å². The molecule has 1 aliphatic rings. The molecule has 166 valence electrons. The number of amides is 1. The number of hydrogen-bond donors (Lipinski definition) is 1. The number of hydrogen-bond acceptors (Lipinski definition) is 4. The van der Waals surface area contributed by atoms with Gasteiger partial charge in [0, 0.05) is 22.4 Å². The highest BCUT2D eigenvalue weighted by molar-refractivity contribution is 9.10. The first-order valence-corrected chi connectivity index (χ1v) is 12.1. The molecule has 0 radical (unpaired) electrons. The van der Waals surface area contributed by atoms with E-state index in [0.717, 1.165) is 22.1 Å². The lowest BCUT2D eigenvalue weighted by Crippen LogP contribution is -2.33. The van der Waals surface area contributed by atoms with E-state index in [4.69, 9.17) is 4.74 Å². The highest BCUT2D eigenvalue weighted by atomic mass is 79.9. The lowest BCUT2D eigenvalue weighted by molar-refractivity contribution is -0.120. The minimum absolute atomic E-state index is 0.0389. The average molecular weight is 519 g/mol. The second kappa shape index (κ2) is 8.91. The lowest BCUT2D eigenvalue weighted by atomic mass is 10.2. The Morgan fingerprint density at radius 3 is 2.59 bits per heavy atom. The Balaban J connectivity index is 1.43. The largest absolute Gasteiger partial charge is 0.483 e. The second-order valence-corrected chi connectivity index (χ2v) is 9.99. The van der Waals surface area contributed by atoms with Crippen LogP contribution < -0.4 is 14.4 Å². The molecule has 32 heavy (non-hydrogen) atoms. The molecular formula is C23H20BrFN2O4S. The monoisotopic (exact) mass is 518 g/mol. The number of sulfonamides is 1. The molecule has 0 spiro atoms. The summed E-state index contributed by atoms with van der Waals surface area (Å²) in [5.41, 5.74) is 2.82. The van der Waals surface area contributed by atoms with Gasteiger partial charge in [0.25, 0.3) is 15.9 Å². The van der Waals surface area contributed by atoms with Crippen LogP contribution in [0.25, 0.3) is 0 Å². The summed E-state index contributed by atoms with van der Waals surface area (Å²) < 4.78 is 47.4. The summed E-state index contributed by atoms with van der Waals surface area (Å²) in [4.78, 5) is 14.4. The minimum atomic E-state index is -3.85. The maximum Gasteiger partial charge on any atom is 0.264 e. The van der Waals surface area contributed by atoms with Crippen molar-refractivity contribution in [1.29, 1.82) is 0 Å². The highest BCUT2D eigenvalue weighted by Crippen LogP contribution is 2.31. The first kappa shape index (κ1) is 22.3. The van der Waals surface area contributed by atoms with Crippen LogP contribution in [0.2, 0.25) is 0 Å². The standard InChI is InChI=1S/C23H20BrFN2O4S/c1-15-12-20(32(29,30)26-19-5-3-18(25)4-6-19)7-9-22(15)31-14-23(28)27-11-10-16-13-17(24)2-8-21(16)27/h2-9,12-13,26H,10-11,14H2,1H3. The molecule has 9 heteroatoms. The molecule has 0 aliphatic carbocycles. The number of ether oxygens (including phenoxy) is 1. The molecule has 3 aromatic rings. The van der Waals surface area contributed by atoms with E-state index in [9.17, 15) is 17.6 Å². The minimum Gasteiger partial charge on any atom is -0.483 e.